The van der Waals surface area contributed by atoms with Crippen LogP contribution >= 0.6 is 0 Å². The Morgan fingerprint density at radius 3 is 2.31 bits per heavy atom. The number of carbonyl (C=O) groups excluding carboxylic acids is 1. The molecule has 0 aromatic heterocycles. The number of fused-ring (bicyclic) bond motifs is 3. The molecule has 0 bridgehead atoms. The molecule has 0 spiro atoms. The van der Waals surface area contributed by atoms with Crippen LogP contribution in [0.5, 0.6) is 11.5 Å². The molecule has 0 saturated carbocycles. The number of hydrogen-bond acceptors (Lipinski definition) is 7. The molecule has 1 aliphatic heterocycles. The molecule has 2 N–H and O–H groups in total. The number of nitrogens with two attached hydrogens (primary N) is 1. The van der Waals surface area contributed by atoms with Crippen molar-refractivity contribution in [1.82, 2.24) is 3.29 Å². The van der Waals surface area contributed by atoms with Crippen LogP contribution in [0, 0.1) is 0 Å². The van der Waals surface area contributed by atoms with Crippen LogP contribution in [-0.4, -0.2) is 41.0 Å². The van der Waals surface area contributed by atoms with E-state index in [2.05, 4.69) is 11.3 Å². The van der Waals surface area contributed by atoms with E-state index in [0.29, 0.717) is 5.56 Å². The van der Waals surface area contributed by atoms with Crippen LogP contribution < -0.4 is 18.5 Å². The van der Waals surface area contributed by atoms with Gasteiger partial charge in [-0.25, -0.2) is 4.79 Å². The molecular formula is C22H25F2N2O7S2+. The summed E-state index contributed by atoms with van der Waals surface area (Å²) in [5.41, 5.74) is 5.80. The van der Waals surface area contributed by atoms with Crippen molar-refractivity contribution >= 4 is 31.8 Å². The van der Waals surface area contributed by atoms with Crippen LogP contribution in [-0.2, 0) is 20.0 Å². The molecule has 2 aromatic carbocycles. The summed E-state index contributed by atoms with van der Waals surface area (Å²) in [6.45, 7) is 2.94. The number of urea groups is 1. The molecule has 190 valence electrons. The van der Waals surface area contributed by atoms with Gasteiger partial charge in [-0.05, 0) is 40.9 Å². The number of ether oxygens (including phenoxy) is 2. The van der Waals surface area contributed by atoms with Crippen molar-refractivity contribution in [3.63, 3.8) is 0 Å². The van der Waals surface area contributed by atoms with E-state index in [4.69, 9.17) is 10.5 Å². The third kappa shape index (κ3) is 4.17. The second kappa shape index (κ2) is 9.55. The smallest absolute Gasteiger partial charge is 0.450 e. The van der Waals surface area contributed by atoms with Crippen molar-refractivity contribution in [2.24, 2.45) is 5.73 Å². The quantitative estimate of drug-likeness (QED) is 0.382. The normalized spacial score (nSPS) is 15.6. The van der Waals surface area contributed by atoms with E-state index in [-0.39, 0.29) is 29.0 Å². The molecule has 3 rings (SSSR count). The van der Waals surface area contributed by atoms with E-state index in [0.717, 1.165) is 6.07 Å². The fourth-order valence-electron chi connectivity index (χ4n) is 4.10. The van der Waals surface area contributed by atoms with E-state index in [1.807, 2.05) is 0 Å². The Morgan fingerprint density at radius 2 is 1.80 bits per heavy atom. The molecule has 0 fully saturated rings. The highest BCUT2D eigenvalue weighted by Crippen LogP contribution is 2.50. The van der Waals surface area contributed by atoms with Gasteiger partial charge >= 0.3 is 32.7 Å². The molecule has 2 amide bonds. The Labute approximate surface area is 202 Å². The molecular weight excluding hydrogens is 506 g/mol. The first kappa shape index (κ1) is 26.6. The summed E-state index contributed by atoms with van der Waals surface area (Å²) in [6, 6.07) is 6.37. The van der Waals surface area contributed by atoms with Crippen molar-refractivity contribution in [2.45, 2.75) is 33.0 Å². The largest absolute Gasteiger partial charge is 0.485 e. The van der Waals surface area contributed by atoms with Gasteiger partial charge < -0.3 is 15.2 Å². The highest BCUT2D eigenvalue weighted by Gasteiger charge is 2.60. The summed E-state index contributed by atoms with van der Waals surface area (Å²) in [7, 11) is -9.39. The summed E-state index contributed by atoms with van der Waals surface area (Å²) >= 11 is 0. The van der Waals surface area contributed by atoms with Crippen molar-refractivity contribution in [3.8, 4) is 22.6 Å². The minimum absolute atomic E-state index is 0.170. The number of nitrogens with zero attached hydrogens (tertiary/aromatic N) is 1. The molecule has 9 nitrogen and oxygen atoms in total. The molecule has 0 saturated heterocycles. The third-order valence-electron chi connectivity index (χ3n) is 5.65. The number of hydrogen-bond donors (Lipinski definition) is 1. The highest BCUT2D eigenvalue weighted by atomic mass is 32.3. The Hall–Kier alpha value is -3.03. The highest BCUT2D eigenvalue weighted by molar-refractivity contribution is 8.08. The van der Waals surface area contributed by atoms with Gasteiger partial charge in [0.05, 0.1) is 17.1 Å². The number of benzene rings is 2. The van der Waals surface area contributed by atoms with Gasteiger partial charge in [0.1, 0.15) is 17.6 Å². The summed E-state index contributed by atoms with van der Waals surface area (Å²) in [4.78, 5) is 12.7. The lowest BCUT2D eigenvalue weighted by molar-refractivity contribution is -0.0496. The maximum atomic E-state index is 13.2. The van der Waals surface area contributed by atoms with Crippen LogP contribution in [0.3, 0.4) is 0 Å². The van der Waals surface area contributed by atoms with Crippen LogP contribution in [0.1, 0.15) is 31.9 Å². The number of primary amides is 1. The average molecular weight is 532 g/mol. The second-order valence-corrected chi connectivity index (χ2v) is 12.4. The van der Waals surface area contributed by atoms with Crippen LogP contribution in [0.15, 0.2) is 49.1 Å². The first-order chi connectivity index (χ1) is 16.4. The van der Waals surface area contributed by atoms with Crippen molar-refractivity contribution in [2.75, 3.05) is 11.5 Å². The predicted octanol–water partition coefficient (Wildman–Crippen LogP) is 4.05. The molecule has 35 heavy (non-hydrogen) atoms. The molecule has 2 aromatic rings. The van der Waals surface area contributed by atoms with Gasteiger partial charge in [0.15, 0.2) is 5.69 Å². The van der Waals surface area contributed by atoms with E-state index in [1.165, 1.54) is 44.2 Å². The Bertz CT molecular complexity index is 1340. The lowest BCUT2D eigenvalue weighted by Crippen LogP contribution is -2.65. The zero-order chi connectivity index (χ0) is 26.2. The Morgan fingerprint density at radius 1 is 1.17 bits per heavy atom. The molecule has 13 heteroatoms. The van der Waals surface area contributed by atoms with Gasteiger partial charge in [0, 0.05) is 24.1 Å². The van der Waals surface area contributed by atoms with Gasteiger partial charge in [-0.2, -0.15) is 25.6 Å². The lowest BCUT2D eigenvalue weighted by Gasteiger charge is -2.33. The summed E-state index contributed by atoms with van der Waals surface area (Å²) < 4.78 is 87.2. The first-order valence-corrected chi connectivity index (χ1v) is 13.7. The van der Waals surface area contributed by atoms with E-state index in [1.54, 1.807) is 6.07 Å². The standard InChI is InChI=1S/C22H24F2N2O7S2/c1-4-8-17-16-13-14(26(22(25)27,34(28,29)5-2)35(30,31)6-3)11-12-15(16)20-18(32-17)9-7-10-19(20)33-21(23)24/h4,7,9-13,17,21H,1,5-6,8H2,2-3H3,(H-,25,27)/p+1. The second-order valence-electron chi connectivity index (χ2n) is 7.54. The monoisotopic (exact) mass is 531 g/mol. The van der Waals surface area contributed by atoms with Crippen LogP contribution in [0.2, 0.25) is 0 Å². The number of carbonyl (C=O) groups is 1. The topological polar surface area (TPSA) is 130 Å². The molecule has 1 atom stereocenters. The average Bonchev–Trinajstić information content (AvgIpc) is 2.78. The van der Waals surface area contributed by atoms with Gasteiger partial charge in [-0.15, -0.1) is 6.58 Å². The van der Waals surface area contributed by atoms with Gasteiger partial charge in [-0.1, -0.05) is 12.1 Å². The molecule has 1 heterocycles. The maximum absolute atomic E-state index is 13.2. The zero-order valence-corrected chi connectivity index (χ0v) is 20.6. The number of rotatable bonds is 9. The summed E-state index contributed by atoms with van der Waals surface area (Å²) in [6.07, 6.45) is 0.932. The van der Waals surface area contributed by atoms with Crippen LogP contribution in [0.25, 0.3) is 11.1 Å². The minimum Gasteiger partial charge on any atom is -0.485 e. The van der Waals surface area contributed by atoms with Crippen molar-refractivity contribution < 1.29 is 39.9 Å². The van der Waals surface area contributed by atoms with Gasteiger partial charge in [-0.3, -0.25) is 0 Å². The molecule has 0 aliphatic carbocycles. The summed E-state index contributed by atoms with van der Waals surface area (Å²) in [5.74, 6) is -1.36. The van der Waals surface area contributed by atoms with E-state index < -0.39 is 59.3 Å². The van der Waals surface area contributed by atoms with E-state index >= 15 is 0 Å². The van der Waals surface area contributed by atoms with Crippen molar-refractivity contribution in [1.29, 1.82) is 0 Å². The molecule has 1 aliphatic rings. The van der Waals surface area contributed by atoms with Gasteiger partial charge in [0.2, 0.25) is 0 Å². The number of sulfonamides is 2. The SMILES string of the molecule is C=CCC1Oc2cccc(OC(F)F)c2-c2ccc([N+](C(N)=O)(S(=O)(=O)CC)S(=O)(=O)CC)cc21. The summed E-state index contributed by atoms with van der Waals surface area (Å²) in [5, 5.41) is 0. The molecule has 0 radical (unpaired) electrons. The van der Waals surface area contributed by atoms with E-state index in [9.17, 15) is 30.4 Å². The third-order valence-corrected chi connectivity index (χ3v) is 10.8. The fourth-order valence-corrected chi connectivity index (χ4v) is 8.26. The fraction of sp³-hybridized carbons (Fsp3) is 0.318. The lowest BCUT2D eigenvalue weighted by atomic mass is 9.90. The van der Waals surface area contributed by atoms with Crippen LogP contribution in [0.4, 0.5) is 19.3 Å². The zero-order valence-electron chi connectivity index (χ0n) is 19.0. The number of amides is 2. The Balaban J connectivity index is 2.42. The minimum atomic E-state index is -4.69. The number of quaternary nitrogens is 1. The Kier molecular flexibility index (Phi) is 7.25. The maximum Gasteiger partial charge on any atom is 0.450 e. The van der Waals surface area contributed by atoms with Crippen molar-refractivity contribution in [3.05, 3.63) is 54.6 Å². The first-order valence-electron chi connectivity index (χ1n) is 10.5. The molecule has 1 unspecified atom stereocenters. The number of halogens is 2. The number of alkyl halides is 2. The predicted molar refractivity (Wildman–Crippen MR) is 127 cm³/mol. The van der Waals surface area contributed by atoms with Gasteiger partial charge in [0.25, 0.3) is 0 Å².